The van der Waals surface area contributed by atoms with Crippen LogP contribution in [0.4, 0.5) is 11.5 Å². The zero-order valence-electron chi connectivity index (χ0n) is 10.1. The highest BCUT2D eigenvalue weighted by atomic mass is 16.6. The Labute approximate surface area is 100 Å². The van der Waals surface area contributed by atoms with Crippen LogP contribution in [0, 0.1) is 35.3 Å². The van der Waals surface area contributed by atoms with Gasteiger partial charge < -0.3 is 5.32 Å². The molecule has 1 rings (SSSR count). The van der Waals surface area contributed by atoms with Crippen LogP contribution in [0.25, 0.3) is 0 Å². The van der Waals surface area contributed by atoms with E-state index in [1.54, 1.807) is 13.0 Å². The predicted molar refractivity (Wildman–Crippen MR) is 66.7 cm³/mol. The molecule has 1 atom stereocenters. The summed E-state index contributed by atoms with van der Waals surface area (Å²) in [6.45, 7) is 5.59. The molecule has 1 N–H and O–H groups in total. The van der Waals surface area contributed by atoms with Crippen LogP contribution in [0.5, 0.6) is 0 Å². The van der Waals surface area contributed by atoms with Gasteiger partial charge in [0.1, 0.15) is 11.5 Å². The zero-order valence-corrected chi connectivity index (χ0v) is 10.1. The maximum atomic E-state index is 10.6. The molecule has 1 heterocycles. The summed E-state index contributed by atoms with van der Waals surface area (Å²) in [7, 11) is 0. The topological polar surface area (TPSA) is 68.1 Å². The van der Waals surface area contributed by atoms with Crippen molar-refractivity contribution in [2.24, 2.45) is 5.92 Å². The van der Waals surface area contributed by atoms with Gasteiger partial charge in [0.25, 0.3) is 5.69 Å². The first-order valence-electron chi connectivity index (χ1n) is 5.30. The second-order valence-electron chi connectivity index (χ2n) is 4.09. The van der Waals surface area contributed by atoms with Gasteiger partial charge in [0.15, 0.2) is 0 Å². The van der Waals surface area contributed by atoms with Crippen molar-refractivity contribution >= 4 is 11.5 Å². The third-order valence-electron chi connectivity index (χ3n) is 2.40. The third kappa shape index (κ3) is 3.18. The molecule has 5 nitrogen and oxygen atoms in total. The summed E-state index contributed by atoms with van der Waals surface area (Å²) in [5, 5.41) is 13.7. The van der Waals surface area contributed by atoms with E-state index in [9.17, 15) is 10.1 Å². The van der Waals surface area contributed by atoms with E-state index in [-0.39, 0.29) is 17.6 Å². The Bertz CT molecular complexity index is 463. The fourth-order valence-corrected chi connectivity index (χ4v) is 1.39. The molecule has 0 saturated heterocycles. The Morgan fingerprint density at radius 3 is 2.59 bits per heavy atom. The van der Waals surface area contributed by atoms with Crippen LogP contribution in [0.3, 0.4) is 0 Å². The van der Waals surface area contributed by atoms with E-state index in [4.69, 9.17) is 6.42 Å². The molecule has 0 fully saturated rings. The van der Waals surface area contributed by atoms with Crippen molar-refractivity contribution in [1.29, 1.82) is 0 Å². The van der Waals surface area contributed by atoms with Crippen LogP contribution in [0.1, 0.15) is 19.5 Å². The van der Waals surface area contributed by atoms with E-state index in [1.807, 2.05) is 13.8 Å². The van der Waals surface area contributed by atoms with Gasteiger partial charge >= 0.3 is 0 Å². The van der Waals surface area contributed by atoms with Gasteiger partial charge in [-0.2, -0.15) is 0 Å². The average molecular weight is 233 g/mol. The van der Waals surface area contributed by atoms with E-state index in [0.29, 0.717) is 11.5 Å². The van der Waals surface area contributed by atoms with Crippen LogP contribution in [0.2, 0.25) is 0 Å². The van der Waals surface area contributed by atoms with Crippen molar-refractivity contribution in [3.05, 3.63) is 27.9 Å². The summed E-state index contributed by atoms with van der Waals surface area (Å²) in [5.74, 6) is 3.44. The van der Waals surface area contributed by atoms with Crippen molar-refractivity contribution in [2.75, 3.05) is 5.32 Å². The molecular formula is C12H15N3O2. The standard InChI is InChI=1S/C12H15N3O2/c1-5-10(8(2)3)14-12-7-6-11(15(16)17)9(4)13-12/h1,6-8,10H,2-4H3,(H,13,14). The molecule has 1 unspecified atom stereocenters. The summed E-state index contributed by atoms with van der Waals surface area (Å²) in [4.78, 5) is 14.3. The molecular weight excluding hydrogens is 218 g/mol. The van der Waals surface area contributed by atoms with Gasteiger partial charge in [0, 0.05) is 6.07 Å². The maximum Gasteiger partial charge on any atom is 0.290 e. The summed E-state index contributed by atoms with van der Waals surface area (Å²) >= 11 is 0. The number of hydrogen-bond acceptors (Lipinski definition) is 4. The van der Waals surface area contributed by atoms with E-state index < -0.39 is 4.92 Å². The zero-order chi connectivity index (χ0) is 13.0. The highest BCUT2D eigenvalue weighted by Gasteiger charge is 2.14. The number of terminal acetylenes is 1. The number of pyridine rings is 1. The second-order valence-corrected chi connectivity index (χ2v) is 4.09. The number of anilines is 1. The Balaban J connectivity index is 2.92. The number of hydrogen-bond donors (Lipinski definition) is 1. The molecule has 0 aliphatic rings. The molecule has 1 aromatic rings. The quantitative estimate of drug-likeness (QED) is 0.492. The molecule has 0 aromatic carbocycles. The minimum Gasteiger partial charge on any atom is -0.356 e. The number of aromatic nitrogens is 1. The van der Waals surface area contributed by atoms with Gasteiger partial charge in [-0.25, -0.2) is 4.98 Å². The van der Waals surface area contributed by atoms with Crippen LogP contribution in [0.15, 0.2) is 12.1 Å². The average Bonchev–Trinajstić information content (AvgIpc) is 2.24. The van der Waals surface area contributed by atoms with Gasteiger partial charge in [-0.05, 0) is 18.9 Å². The van der Waals surface area contributed by atoms with E-state index in [2.05, 4.69) is 16.2 Å². The Kier molecular flexibility index (Phi) is 4.05. The van der Waals surface area contributed by atoms with Crippen LogP contribution in [-0.4, -0.2) is 15.9 Å². The molecule has 17 heavy (non-hydrogen) atoms. The third-order valence-corrected chi connectivity index (χ3v) is 2.40. The van der Waals surface area contributed by atoms with Crippen LogP contribution >= 0.6 is 0 Å². The van der Waals surface area contributed by atoms with Gasteiger partial charge in [-0.15, -0.1) is 6.42 Å². The molecule has 0 aliphatic heterocycles. The van der Waals surface area contributed by atoms with Crippen molar-refractivity contribution in [3.8, 4) is 12.3 Å². The normalized spacial score (nSPS) is 11.9. The molecule has 0 radical (unpaired) electrons. The van der Waals surface area contributed by atoms with E-state index >= 15 is 0 Å². The molecule has 0 saturated carbocycles. The number of rotatable bonds is 4. The van der Waals surface area contributed by atoms with Crippen molar-refractivity contribution < 1.29 is 4.92 Å². The minimum absolute atomic E-state index is 0.0114. The fourth-order valence-electron chi connectivity index (χ4n) is 1.39. The monoisotopic (exact) mass is 233 g/mol. The lowest BCUT2D eigenvalue weighted by atomic mass is 10.1. The summed E-state index contributed by atoms with van der Waals surface area (Å²) in [6.07, 6.45) is 5.39. The van der Waals surface area contributed by atoms with Gasteiger partial charge in [0.2, 0.25) is 0 Å². The molecule has 90 valence electrons. The SMILES string of the molecule is C#CC(Nc1ccc([N+](=O)[O-])c(C)n1)C(C)C. The molecule has 0 spiro atoms. The first-order chi connectivity index (χ1) is 7.95. The minimum atomic E-state index is -0.451. The summed E-state index contributed by atoms with van der Waals surface area (Å²) in [6, 6.07) is 2.86. The van der Waals surface area contributed by atoms with Crippen molar-refractivity contribution in [1.82, 2.24) is 4.98 Å². The predicted octanol–water partition coefficient (Wildman–Crippen LogP) is 2.37. The van der Waals surface area contributed by atoms with Crippen molar-refractivity contribution in [3.63, 3.8) is 0 Å². The lowest BCUT2D eigenvalue weighted by Gasteiger charge is -2.17. The largest absolute Gasteiger partial charge is 0.356 e. The molecule has 1 aromatic heterocycles. The first kappa shape index (κ1) is 13.0. The molecule has 0 amide bonds. The second kappa shape index (κ2) is 5.30. The highest BCUT2D eigenvalue weighted by molar-refractivity contribution is 5.46. The van der Waals surface area contributed by atoms with Gasteiger partial charge in [-0.1, -0.05) is 19.8 Å². The molecule has 0 aliphatic carbocycles. The van der Waals surface area contributed by atoms with Gasteiger partial charge in [-0.3, -0.25) is 10.1 Å². The Morgan fingerprint density at radius 1 is 1.53 bits per heavy atom. The smallest absolute Gasteiger partial charge is 0.290 e. The van der Waals surface area contributed by atoms with Crippen LogP contribution < -0.4 is 5.32 Å². The maximum absolute atomic E-state index is 10.6. The Morgan fingerprint density at radius 2 is 2.18 bits per heavy atom. The molecule has 0 bridgehead atoms. The fraction of sp³-hybridized carbons (Fsp3) is 0.417. The number of aryl methyl sites for hydroxylation is 1. The summed E-state index contributed by atoms with van der Waals surface area (Å²) < 4.78 is 0. The van der Waals surface area contributed by atoms with Gasteiger partial charge in [0.05, 0.1) is 11.0 Å². The lowest BCUT2D eigenvalue weighted by molar-refractivity contribution is -0.385. The highest BCUT2D eigenvalue weighted by Crippen LogP contribution is 2.19. The van der Waals surface area contributed by atoms with Crippen LogP contribution in [-0.2, 0) is 0 Å². The van der Waals surface area contributed by atoms with E-state index in [0.717, 1.165) is 0 Å². The van der Waals surface area contributed by atoms with E-state index in [1.165, 1.54) is 6.07 Å². The Hall–Kier alpha value is -2.09. The summed E-state index contributed by atoms with van der Waals surface area (Å²) in [5.41, 5.74) is 0.386. The first-order valence-corrected chi connectivity index (χ1v) is 5.30. The lowest BCUT2D eigenvalue weighted by Crippen LogP contribution is -2.24. The number of nitrogens with zero attached hydrogens (tertiary/aromatic N) is 2. The van der Waals surface area contributed by atoms with Crippen molar-refractivity contribution in [2.45, 2.75) is 26.8 Å². The number of nitro groups is 1. The molecule has 5 heteroatoms. The number of nitrogens with one attached hydrogen (secondary N) is 1.